The molecule has 0 heterocycles. The predicted octanol–water partition coefficient (Wildman–Crippen LogP) is 1.36. The third-order valence-corrected chi connectivity index (χ3v) is 4.75. The Kier molecular flexibility index (Phi) is 4.04. The molecule has 0 amide bonds. The minimum atomic E-state index is -3.24. The van der Waals surface area contributed by atoms with Crippen LogP contribution >= 0.6 is 0 Å². The SMILES string of the molecule is CC(NS(=O)(=O)Cc1ccc(CN)cc1)C1CC1. The standard InChI is InChI=1S/C13H20N2O2S/c1-10(13-6-7-13)15-18(16,17)9-12-4-2-11(8-14)3-5-12/h2-5,10,13,15H,6-9,14H2,1H3. The number of nitrogens with two attached hydrogens (primary N) is 1. The van der Waals surface area contributed by atoms with Crippen LogP contribution in [0.3, 0.4) is 0 Å². The molecule has 2 rings (SSSR count). The second-order valence-electron chi connectivity index (χ2n) is 5.02. The van der Waals surface area contributed by atoms with Crippen LogP contribution in [0.1, 0.15) is 30.9 Å². The fourth-order valence-electron chi connectivity index (χ4n) is 2.01. The number of nitrogens with one attached hydrogen (secondary N) is 1. The molecule has 1 aromatic carbocycles. The molecule has 4 nitrogen and oxygen atoms in total. The first kappa shape index (κ1) is 13.5. The molecule has 0 aliphatic heterocycles. The number of hydrogen-bond acceptors (Lipinski definition) is 3. The van der Waals surface area contributed by atoms with E-state index in [0.29, 0.717) is 12.5 Å². The van der Waals surface area contributed by atoms with Crippen molar-refractivity contribution >= 4 is 10.0 Å². The lowest BCUT2D eigenvalue weighted by Crippen LogP contribution is -2.34. The predicted molar refractivity (Wildman–Crippen MR) is 72.3 cm³/mol. The lowest BCUT2D eigenvalue weighted by atomic mass is 10.1. The van der Waals surface area contributed by atoms with Crippen LogP contribution in [0.5, 0.6) is 0 Å². The summed E-state index contributed by atoms with van der Waals surface area (Å²) in [5, 5.41) is 0. The second kappa shape index (κ2) is 5.38. The summed E-state index contributed by atoms with van der Waals surface area (Å²) in [5.41, 5.74) is 7.31. The summed E-state index contributed by atoms with van der Waals surface area (Å²) in [6.45, 7) is 2.41. The van der Waals surface area contributed by atoms with Crippen LogP contribution in [0.4, 0.5) is 0 Å². The van der Waals surface area contributed by atoms with Crippen LogP contribution in [0.15, 0.2) is 24.3 Å². The topological polar surface area (TPSA) is 72.2 Å². The third-order valence-electron chi connectivity index (χ3n) is 3.31. The Morgan fingerprint density at radius 2 is 1.83 bits per heavy atom. The van der Waals surface area contributed by atoms with Crippen molar-refractivity contribution in [1.82, 2.24) is 4.72 Å². The molecule has 1 atom stereocenters. The second-order valence-corrected chi connectivity index (χ2v) is 6.78. The molecule has 1 fully saturated rings. The normalized spacial score (nSPS) is 17.7. The van der Waals surface area contributed by atoms with Gasteiger partial charge in [-0.3, -0.25) is 0 Å². The zero-order chi connectivity index (χ0) is 13.2. The molecule has 0 radical (unpaired) electrons. The molecule has 0 spiro atoms. The molecule has 1 saturated carbocycles. The summed E-state index contributed by atoms with van der Waals surface area (Å²) in [6.07, 6.45) is 2.27. The Morgan fingerprint density at radius 3 is 2.33 bits per heavy atom. The highest BCUT2D eigenvalue weighted by Gasteiger charge is 2.30. The first-order valence-electron chi connectivity index (χ1n) is 6.28. The molecule has 0 saturated heterocycles. The van der Waals surface area contributed by atoms with Gasteiger partial charge in [-0.25, -0.2) is 13.1 Å². The van der Waals surface area contributed by atoms with Gasteiger partial charge in [-0.15, -0.1) is 0 Å². The quantitative estimate of drug-likeness (QED) is 0.818. The largest absolute Gasteiger partial charge is 0.326 e. The van der Waals surface area contributed by atoms with E-state index in [-0.39, 0.29) is 11.8 Å². The minimum Gasteiger partial charge on any atom is -0.326 e. The van der Waals surface area contributed by atoms with Gasteiger partial charge in [0.15, 0.2) is 0 Å². The molecule has 1 aliphatic carbocycles. The molecule has 3 N–H and O–H groups in total. The Hall–Kier alpha value is -0.910. The molecular weight excluding hydrogens is 248 g/mol. The molecule has 1 aromatic rings. The van der Waals surface area contributed by atoms with Crippen molar-refractivity contribution in [1.29, 1.82) is 0 Å². The van der Waals surface area contributed by atoms with E-state index >= 15 is 0 Å². The van der Waals surface area contributed by atoms with Crippen LogP contribution in [0.2, 0.25) is 0 Å². The highest BCUT2D eigenvalue weighted by atomic mass is 32.2. The highest BCUT2D eigenvalue weighted by Crippen LogP contribution is 2.32. The lowest BCUT2D eigenvalue weighted by Gasteiger charge is -2.13. The number of benzene rings is 1. The Bertz CT molecular complexity index is 492. The summed E-state index contributed by atoms with van der Waals surface area (Å²) in [4.78, 5) is 0. The van der Waals surface area contributed by atoms with Crippen LogP contribution in [-0.4, -0.2) is 14.5 Å². The van der Waals surface area contributed by atoms with Crippen LogP contribution in [0.25, 0.3) is 0 Å². The number of rotatable bonds is 6. The average Bonchev–Trinajstić information content (AvgIpc) is 3.12. The fourth-order valence-corrected chi connectivity index (χ4v) is 3.48. The van der Waals surface area contributed by atoms with Crippen molar-refractivity contribution < 1.29 is 8.42 Å². The fraction of sp³-hybridized carbons (Fsp3) is 0.538. The van der Waals surface area contributed by atoms with Crippen molar-refractivity contribution in [2.75, 3.05) is 0 Å². The molecule has 0 bridgehead atoms. The van der Waals surface area contributed by atoms with E-state index in [4.69, 9.17) is 5.73 Å². The zero-order valence-electron chi connectivity index (χ0n) is 10.6. The average molecular weight is 268 g/mol. The summed E-state index contributed by atoms with van der Waals surface area (Å²) in [6, 6.07) is 7.44. The summed E-state index contributed by atoms with van der Waals surface area (Å²) < 4.78 is 26.7. The molecule has 1 unspecified atom stereocenters. The lowest BCUT2D eigenvalue weighted by molar-refractivity contribution is 0.537. The maximum Gasteiger partial charge on any atom is 0.216 e. The van der Waals surface area contributed by atoms with Gasteiger partial charge in [-0.1, -0.05) is 24.3 Å². The maximum absolute atomic E-state index is 12.0. The van der Waals surface area contributed by atoms with Crippen molar-refractivity contribution in [2.24, 2.45) is 11.7 Å². The third kappa shape index (κ3) is 3.80. The van der Waals surface area contributed by atoms with Gasteiger partial charge >= 0.3 is 0 Å². The van der Waals surface area contributed by atoms with Gasteiger partial charge in [-0.2, -0.15) is 0 Å². The molecule has 18 heavy (non-hydrogen) atoms. The van der Waals surface area contributed by atoms with Crippen LogP contribution in [-0.2, 0) is 22.3 Å². The van der Waals surface area contributed by atoms with Crippen molar-refractivity contribution in [3.63, 3.8) is 0 Å². The molecule has 100 valence electrons. The minimum absolute atomic E-state index is 0.0366. The van der Waals surface area contributed by atoms with Gasteiger partial charge in [-0.05, 0) is 36.8 Å². The Morgan fingerprint density at radius 1 is 1.28 bits per heavy atom. The number of hydrogen-bond donors (Lipinski definition) is 2. The van der Waals surface area contributed by atoms with Crippen molar-refractivity contribution in [3.05, 3.63) is 35.4 Å². The van der Waals surface area contributed by atoms with Gasteiger partial charge < -0.3 is 5.73 Å². The van der Waals surface area contributed by atoms with E-state index < -0.39 is 10.0 Å². The van der Waals surface area contributed by atoms with E-state index in [2.05, 4.69) is 4.72 Å². The summed E-state index contributed by atoms with van der Waals surface area (Å²) in [7, 11) is -3.24. The first-order valence-corrected chi connectivity index (χ1v) is 7.93. The Balaban J connectivity index is 1.97. The van der Waals surface area contributed by atoms with E-state index in [1.165, 1.54) is 0 Å². The smallest absolute Gasteiger partial charge is 0.216 e. The van der Waals surface area contributed by atoms with E-state index in [1.807, 2.05) is 31.2 Å². The van der Waals surface area contributed by atoms with Gasteiger partial charge in [0.2, 0.25) is 10.0 Å². The highest BCUT2D eigenvalue weighted by molar-refractivity contribution is 7.88. The monoisotopic (exact) mass is 268 g/mol. The Labute approximate surface area is 109 Å². The molecule has 0 aromatic heterocycles. The molecule has 1 aliphatic rings. The van der Waals surface area contributed by atoms with Gasteiger partial charge in [0.05, 0.1) is 5.75 Å². The van der Waals surface area contributed by atoms with Crippen molar-refractivity contribution in [3.8, 4) is 0 Å². The molecule has 5 heteroatoms. The number of sulfonamides is 1. The summed E-state index contributed by atoms with van der Waals surface area (Å²) >= 11 is 0. The summed E-state index contributed by atoms with van der Waals surface area (Å²) in [5.74, 6) is 0.564. The van der Waals surface area contributed by atoms with Crippen LogP contribution in [0, 0.1) is 5.92 Å². The van der Waals surface area contributed by atoms with E-state index in [9.17, 15) is 8.42 Å². The maximum atomic E-state index is 12.0. The first-order chi connectivity index (χ1) is 8.50. The van der Waals surface area contributed by atoms with Gasteiger partial charge in [0.25, 0.3) is 0 Å². The van der Waals surface area contributed by atoms with Gasteiger partial charge in [0.1, 0.15) is 0 Å². The van der Waals surface area contributed by atoms with Crippen LogP contribution < -0.4 is 10.5 Å². The molecular formula is C13H20N2O2S. The van der Waals surface area contributed by atoms with Gasteiger partial charge in [0, 0.05) is 12.6 Å². The van der Waals surface area contributed by atoms with E-state index in [1.54, 1.807) is 0 Å². The zero-order valence-corrected chi connectivity index (χ0v) is 11.4. The van der Waals surface area contributed by atoms with Crippen molar-refractivity contribution in [2.45, 2.75) is 38.1 Å². The van der Waals surface area contributed by atoms with E-state index in [0.717, 1.165) is 24.0 Å².